The highest BCUT2D eigenvalue weighted by Crippen LogP contribution is 2.39. The molecule has 0 saturated carbocycles. The number of aliphatic hydroxyl groups is 1. The van der Waals surface area contributed by atoms with Gasteiger partial charge in [-0.1, -0.05) is 60.3 Å². The number of aromatic amines is 1. The first kappa shape index (κ1) is 30.0. The summed E-state index contributed by atoms with van der Waals surface area (Å²) in [6.45, 7) is -0.0608. The molecule has 0 radical (unpaired) electrons. The lowest BCUT2D eigenvalue weighted by atomic mass is 10.0. The number of aliphatic hydroxyl groups excluding tert-OH is 1. The first-order valence-corrected chi connectivity index (χ1v) is 14.4. The molecule has 10 nitrogen and oxygen atoms in total. The molecule has 4 atom stereocenters. The number of likely N-dealkylation sites (tertiary alicyclic amines) is 1. The number of ether oxygens (including phenoxy) is 2. The number of carbonyl (C=O) groups is 2. The average molecular weight is 606 g/mol. The van der Waals surface area contributed by atoms with Gasteiger partial charge >= 0.3 is 12.1 Å². The summed E-state index contributed by atoms with van der Waals surface area (Å²) in [5.41, 5.74) is 3.24. The molecule has 2 amide bonds. The molecule has 2 fully saturated rings. The molecule has 3 aromatic rings. The second-order valence-electron chi connectivity index (χ2n) is 10.1. The zero-order valence-corrected chi connectivity index (χ0v) is 23.2. The summed E-state index contributed by atoms with van der Waals surface area (Å²) in [6.07, 6.45) is -3.56. The van der Waals surface area contributed by atoms with Crippen LogP contribution < -0.4 is 5.32 Å². The van der Waals surface area contributed by atoms with E-state index in [-0.39, 0.29) is 38.3 Å². The number of nitrogens with one attached hydrogen (secondary N) is 2. The quantitative estimate of drug-likeness (QED) is 0.314. The standard InChI is InChI=1S/C28H30F3N5O5S/c29-28(30,31)26(39)36-11-1-2-22(36)24(38)32-13-17-3-9-20(10-4-17)25-40-21(15-42-27-33-16-34-35-27)12-23(41-25)19-7-5-18(14-37)6-8-19/h3-10,16,21-23,25,37H,1-2,11-15H2,(H,32,38)(H,33,34,35)/t21-,22-,23+,25+/m0/s1. The van der Waals surface area contributed by atoms with Crippen molar-refractivity contribution in [3.63, 3.8) is 0 Å². The predicted octanol–water partition coefficient (Wildman–Crippen LogP) is 3.80. The Morgan fingerprint density at radius 3 is 2.45 bits per heavy atom. The molecule has 0 spiro atoms. The van der Waals surface area contributed by atoms with Gasteiger partial charge in [-0.05, 0) is 29.5 Å². The predicted molar refractivity (Wildman–Crippen MR) is 145 cm³/mol. The number of nitrogens with zero attached hydrogens (tertiary/aromatic N) is 3. The van der Waals surface area contributed by atoms with Crippen LogP contribution in [0.1, 0.15) is 53.9 Å². The van der Waals surface area contributed by atoms with Crippen LogP contribution in [0, 0.1) is 0 Å². The van der Waals surface area contributed by atoms with Crippen LogP contribution >= 0.6 is 11.8 Å². The topological polar surface area (TPSA) is 130 Å². The van der Waals surface area contributed by atoms with Crippen LogP contribution in [0.3, 0.4) is 0 Å². The van der Waals surface area contributed by atoms with E-state index in [9.17, 15) is 27.9 Å². The molecule has 3 N–H and O–H groups in total. The summed E-state index contributed by atoms with van der Waals surface area (Å²) in [7, 11) is 0. The van der Waals surface area contributed by atoms with E-state index in [1.54, 1.807) is 12.1 Å². The van der Waals surface area contributed by atoms with Gasteiger partial charge in [0.15, 0.2) is 11.4 Å². The number of thioether (sulfide) groups is 1. The van der Waals surface area contributed by atoms with Crippen LogP contribution in [0.25, 0.3) is 0 Å². The molecule has 5 rings (SSSR count). The van der Waals surface area contributed by atoms with Crippen molar-refractivity contribution in [1.82, 2.24) is 25.4 Å². The number of alkyl halides is 3. The minimum Gasteiger partial charge on any atom is -0.392 e. The summed E-state index contributed by atoms with van der Waals surface area (Å²) in [6, 6.07) is 13.6. The third-order valence-electron chi connectivity index (χ3n) is 7.19. The van der Waals surface area contributed by atoms with Crippen molar-refractivity contribution in [2.45, 2.75) is 68.3 Å². The first-order chi connectivity index (χ1) is 20.2. The molecule has 0 aliphatic carbocycles. The third-order valence-corrected chi connectivity index (χ3v) is 8.20. The van der Waals surface area contributed by atoms with Gasteiger partial charge in [0.1, 0.15) is 12.4 Å². The number of H-pyrrole nitrogens is 1. The first-order valence-electron chi connectivity index (χ1n) is 13.4. The summed E-state index contributed by atoms with van der Waals surface area (Å²) < 4.78 is 51.3. The van der Waals surface area contributed by atoms with Crippen LogP contribution in [0.2, 0.25) is 0 Å². The Bertz CT molecular complexity index is 1340. The summed E-state index contributed by atoms with van der Waals surface area (Å²) in [5, 5.41) is 19.4. The molecule has 224 valence electrons. The van der Waals surface area contributed by atoms with E-state index in [0.29, 0.717) is 28.7 Å². The molecule has 0 bridgehead atoms. The molecule has 2 aliphatic rings. The normalized spacial score (nSPS) is 22.7. The van der Waals surface area contributed by atoms with Crippen molar-refractivity contribution in [3.05, 3.63) is 77.1 Å². The molecular weight excluding hydrogens is 575 g/mol. The van der Waals surface area contributed by atoms with Crippen molar-refractivity contribution in [1.29, 1.82) is 0 Å². The Hall–Kier alpha value is -3.46. The lowest BCUT2D eigenvalue weighted by molar-refractivity contribution is -0.245. The van der Waals surface area contributed by atoms with Gasteiger partial charge < -0.3 is 24.8 Å². The number of benzene rings is 2. The molecular formula is C28H30F3N5O5S. The fraction of sp³-hybridized carbons (Fsp3) is 0.429. The van der Waals surface area contributed by atoms with Gasteiger partial charge in [0.25, 0.3) is 0 Å². The van der Waals surface area contributed by atoms with E-state index in [1.807, 2.05) is 36.4 Å². The molecule has 2 aliphatic heterocycles. The molecule has 14 heteroatoms. The Labute approximate surface area is 244 Å². The fourth-order valence-electron chi connectivity index (χ4n) is 5.00. The minimum atomic E-state index is -5.02. The third kappa shape index (κ3) is 7.30. The number of aromatic nitrogens is 3. The van der Waals surface area contributed by atoms with E-state index < -0.39 is 30.3 Å². The largest absolute Gasteiger partial charge is 0.471 e. The number of amides is 2. The van der Waals surface area contributed by atoms with Gasteiger partial charge in [-0.15, -0.1) is 0 Å². The molecule has 42 heavy (non-hydrogen) atoms. The Balaban J connectivity index is 1.23. The maximum Gasteiger partial charge on any atom is 0.471 e. The smallest absolute Gasteiger partial charge is 0.392 e. The maximum atomic E-state index is 12.9. The lowest BCUT2D eigenvalue weighted by Gasteiger charge is -2.36. The van der Waals surface area contributed by atoms with E-state index in [0.717, 1.165) is 22.3 Å². The Kier molecular flexibility index (Phi) is 9.46. The van der Waals surface area contributed by atoms with Crippen LogP contribution in [0.15, 0.2) is 60.0 Å². The monoisotopic (exact) mass is 605 g/mol. The number of halogens is 3. The number of hydrogen-bond acceptors (Lipinski definition) is 8. The zero-order chi connectivity index (χ0) is 29.7. The van der Waals surface area contributed by atoms with Crippen LogP contribution in [-0.4, -0.2) is 67.6 Å². The Morgan fingerprint density at radius 2 is 1.79 bits per heavy atom. The van der Waals surface area contributed by atoms with Crippen molar-refractivity contribution < 1.29 is 37.3 Å². The maximum absolute atomic E-state index is 12.9. The van der Waals surface area contributed by atoms with E-state index >= 15 is 0 Å². The fourth-order valence-corrected chi connectivity index (χ4v) is 5.80. The highest BCUT2D eigenvalue weighted by atomic mass is 32.2. The molecule has 1 aromatic heterocycles. The highest BCUT2D eigenvalue weighted by molar-refractivity contribution is 7.99. The molecule has 2 aromatic carbocycles. The zero-order valence-electron chi connectivity index (χ0n) is 22.4. The van der Waals surface area contributed by atoms with Gasteiger partial charge in [0.2, 0.25) is 5.91 Å². The SMILES string of the molecule is O=C(NCc1ccc([C@@H]2O[C@H](CSc3ncn[nH]3)C[C@H](c3ccc(CO)cc3)O2)cc1)[C@@H]1CCCN1C(=O)C(F)(F)F. The molecule has 3 heterocycles. The van der Waals surface area contributed by atoms with Crippen LogP contribution in [-0.2, 0) is 32.2 Å². The summed E-state index contributed by atoms with van der Waals surface area (Å²) in [5.74, 6) is -1.99. The molecule has 2 saturated heterocycles. The van der Waals surface area contributed by atoms with E-state index in [4.69, 9.17) is 9.47 Å². The second kappa shape index (κ2) is 13.2. The van der Waals surface area contributed by atoms with Crippen LogP contribution in [0.5, 0.6) is 0 Å². The van der Waals surface area contributed by atoms with Gasteiger partial charge in [0, 0.05) is 30.8 Å². The van der Waals surface area contributed by atoms with E-state index in [1.165, 1.54) is 18.1 Å². The number of carbonyl (C=O) groups excluding carboxylic acids is 2. The van der Waals surface area contributed by atoms with Gasteiger partial charge in [-0.2, -0.15) is 18.3 Å². The van der Waals surface area contributed by atoms with Gasteiger partial charge in [-0.3, -0.25) is 14.7 Å². The van der Waals surface area contributed by atoms with Crippen molar-refractivity contribution in [2.24, 2.45) is 0 Å². The van der Waals surface area contributed by atoms with E-state index in [2.05, 4.69) is 20.5 Å². The summed E-state index contributed by atoms with van der Waals surface area (Å²) >= 11 is 1.49. The lowest BCUT2D eigenvalue weighted by Crippen LogP contribution is -2.50. The van der Waals surface area contributed by atoms with Gasteiger partial charge in [0.05, 0.1) is 18.8 Å². The van der Waals surface area contributed by atoms with Crippen molar-refractivity contribution >= 4 is 23.6 Å². The number of hydrogen-bond donors (Lipinski definition) is 3. The summed E-state index contributed by atoms with van der Waals surface area (Å²) in [4.78, 5) is 29.1. The second-order valence-corrected chi connectivity index (χ2v) is 11.1. The van der Waals surface area contributed by atoms with Crippen LogP contribution in [0.4, 0.5) is 13.2 Å². The minimum absolute atomic E-state index is 0.0502. The van der Waals surface area contributed by atoms with Gasteiger partial charge in [-0.25, -0.2) is 4.98 Å². The van der Waals surface area contributed by atoms with Crippen molar-refractivity contribution in [2.75, 3.05) is 12.3 Å². The number of rotatable bonds is 9. The Morgan fingerprint density at radius 1 is 1.07 bits per heavy atom. The van der Waals surface area contributed by atoms with Crippen molar-refractivity contribution in [3.8, 4) is 0 Å². The highest BCUT2D eigenvalue weighted by Gasteiger charge is 2.47. The average Bonchev–Trinajstić information content (AvgIpc) is 3.71. The molecule has 0 unspecified atom stereocenters.